The molecule has 1 aromatic rings. The van der Waals surface area contributed by atoms with Crippen LogP contribution in [0.4, 0.5) is 0 Å². The summed E-state index contributed by atoms with van der Waals surface area (Å²) in [4.78, 5) is 0. The minimum atomic E-state index is -1.02. The predicted octanol–water partition coefficient (Wildman–Crippen LogP) is 3.27. The first kappa shape index (κ1) is 24.6. The number of aliphatic hydroxyl groups is 1. The van der Waals surface area contributed by atoms with Crippen molar-refractivity contribution in [3.05, 3.63) is 48.2 Å². The van der Waals surface area contributed by atoms with E-state index in [1.807, 2.05) is 58.0 Å². The molecule has 3 aliphatic heterocycles. The third kappa shape index (κ3) is 6.33. The number of rotatable bonds is 9. The Morgan fingerprint density at radius 1 is 1.06 bits per heavy atom. The molecule has 184 valence electrons. The highest BCUT2D eigenvalue weighted by Crippen LogP contribution is 2.42. The molecule has 8 nitrogen and oxygen atoms in total. The highest BCUT2D eigenvalue weighted by molar-refractivity contribution is 5.13. The molecule has 6 atom stereocenters. The molecule has 0 amide bonds. The summed E-state index contributed by atoms with van der Waals surface area (Å²) in [6, 6.07) is 9.87. The maximum atomic E-state index is 10.6. The highest BCUT2D eigenvalue weighted by Gasteiger charge is 2.59. The third-order valence-corrected chi connectivity index (χ3v) is 5.84. The zero-order valence-electron chi connectivity index (χ0n) is 20.1. The lowest BCUT2D eigenvalue weighted by atomic mass is 10.0. The molecule has 0 unspecified atom stereocenters. The SMILES string of the molecule is CC1(C)O[C@H]2O[C@H]([C@H]3COC(C)(C)O3)[C@H](O/C=C/C[C@](C)(O)COCc3ccccc3)[C@H]2O1. The van der Waals surface area contributed by atoms with Crippen LogP contribution >= 0.6 is 0 Å². The van der Waals surface area contributed by atoms with Gasteiger partial charge in [-0.15, -0.1) is 0 Å². The lowest BCUT2D eigenvalue weighted by Gasteiger charge is -2.28. The zero-order chi connectivity index (χ0) is 23.7. The van der Waals surface area contributed by atoms with Crippen LogP contribution in [0.3, 0.4) is 0 Å². The van der Waals surface area contributed by atoms with E-state index in [0.717, 1.165) is 5.56 Å². The van der Waals surface area contributed by atoms with E-state index in [1.54, 1.807) is 19.3 Å². The Bertz CT molecular complexity index is 806. The molecule has 8 heteroatoms. The minimum absolute atomic E-state index is 0.208. The summed E-state index contributed by atoms with van der Waals surface area (Å²) in [6.45, 7) is 10.2. The normalized spacial score (nSPS) is 34.4. The largest absolute Gasteiger partial charge is 0.493 e. The van der Waals surface area contributed by atoms with Crippen LogP contribution in [0, 0.1) is 0 Å². The van der Waals surface area contributed by atoms with Gasteiger partial charge in [-0.25, -0.2) is 0 Å². The lowest BCUT2D eigenvalue weighted by Crippen LogP contribution is -2.43. The van der Waals surface area contributed by atoms with Crippen LogP contribution < -0.4 is 0 Å². The Kier molecular flexibility index (Phi) is 7.17. The Morgan fingerprint density at radius 3 is 2.52 bits per heavy atom. The van der Waals surface area contributed by atoms with Gasteiger partial charge >= 0.3 is 0 Å². The second kappa shape index (κ2) is 9.62. The van der Waals surface area contributed by atoms with E-state index >= 15 is 0 Å². The van der Waals surface area contributed by atoms with Gasteiger partial charge in [-0.05, 0) is 52.7 Å². The third-order valence-electron chi connectivity index (χ3n) is 5.84. The first-order valence-electron chi connectivity index (χ1n) is 11.5. The van der Waals surface area contributed by atoms with Crippen molar-refractivity contribution < 1.29 is 38.3 Å². The maximum Gasteiger partial charge on any atom is 0.191 e. The molecule has 3 aliphatic rings. The van der Waals surface area contributed by atoms with Crippen molar-refractivity contribution in [1.82, 2.24) is 0 Å². The second-order valence-corrected chi connectivity index (χ2v) is 10.1. The van der Waals surface area contributed by atoms with E-state index in [1.165, 1.54) is 0 Å². The Labute approximate surface area is 195 Å². The van der Waals surface area contributed by atoms with Gasteiger partial charge in [0.05, 0.1) is 31.7 Å². The molecule has 3 saturated heterocycles. The smallest absolute Gasteiger partial charge is 0.191 e. The van der Waals surface area contributed by atoms with E-state index in [2.05, 4.69) is 0 Å². The van der Waals surface area contributed by atoms with Gasteiger partial charge in [0.2, 0.25) is 0 Å². The molecule has 3 heterocycles. The zero-order valence-corrected chi connectivity index (χ0v) is 20.1. The monoisotopic (exact) mass is 464 g/mol. The molecule has 4 rings (SSSR count). The van der Waals surface area contributed by atoms with Crippen LogP contribution in [0.15, 0.2) is 42.7 Å². The molecule has 0 radical (unpaired) electrons. The van der Waals surface area contributed by atoms with Gasteiger partial charge in [0.1, 0.15) is 12.2 Å². The van der Waals surface area contributed by atoms with Gasteiger partial charge in [-0.3, -0.25) is 0 Å². The predicted molar refractivity (Wildman–Crippen MR) is 119 cm³/mol. The summed E-state index contributed by atoms with van der Waals surface area (Å²) in [5.74, 6) is -1.43. The van der Waals surface area contributed by atoms with Gasteiger partial charge in [0, 0.05) is 0 Å². The molecule has 0 aliphatic carbocycles. The maximum absolute atomic E-state index is 10.6. The van der Waals surface area contributed by atoms with E-state index in [-0.39, 0.29) is 12.7 Å². The molecule has 33 heavy (non-hydrogen) atoms. The summed E-state index contributed by atoms with van der Waals surface area (Å²) in [5, 5.41) is 10.6. The highest BCUT2D eigenvalue weighted by atomic mass is 16.8. The van der Waals surface area contributed by atoms with Crippen molar-refractivity contribution in [3.8, 4) is 0 Å². The van der Waals surface area contributed by atoms with E-state index < -0.39 is 41.8 Å². The second-order valence-electron chi connectivity index (χ2n) is 10.1. The lowest BCUT2D eigenvalue weighted by molar-refractivity contribution is -0.232. The van der Waals surface area contributed by atoms with Gasteiger partial charge in [0.15, 0.2) is 30.1 Å². The Balaban J connectivity index is 1.31. The minimum Gasteiger partial charge on any atom is -0.493 e. The number of ether oxygens (including phenoxy) is 7. The van der Waals surface area contributed by atoms with Crippen LogP contribution in [0.2, 0.25) is 0 Å². The van der Waals surface area contributed by atoms with Crippen molar-refractivity contribution >= 4 is 0 Å². The molecule has 0 bridgehead atoms. The molecule has 0 spiro atoms. The summed E-state index contributed by atoms with van der Waals surface area (Å²) >= 11 is 0. The summed E-state index contributed by atoms with van der Waals surface area (Å²) in [7, 11) is 0. The van der Waals surface area contributed by atoms with Crippen molar-refractivity contribution in [3.63, 3.8) is 0 Å². The summed E-state index contributed by atoms with van der Waals surface area (Å²) < 4.78 is 41.5. The Hall–Kier alpha value is -1.52. The first-order valence-corrected chi connectivity index (χ1v) is 11.5. The van der Waals surface area contributed by atoms with Gasteiger partial charge < -0.3 is 38.3 Å². The molecular weight excluding hydrogens is 428 g/mol. The fourth-order valence-corrected chi connectivity index (χ4v) is 4.31. The van der Waals surface area contributed by atoms with Gasteiger partial charge in [0.25, 0.3) is 0 Å². The Morgan fingerprint density at radius 2 is 1.82 bits per heavy atom. The van der Waals surface area contributed by atoms with Gasteiger partial charge in [-0.2, -0.15) is 0 Å². The average Bonchev–Trinajstić information content (AvgIpc) is 3.35. The molecular formula is C25H36O8. The van der Waals surface area contributed by atoms with E-state index in [4.69, 9.17) is 33.2 Å². The van der Waals surface area contributed by atoms with Crippen LogP contribution in [0.1, 0.15) is 46.6 Å². The first-order chi connectivity index (χ1) is 15.5. The van der Waals surface area contributed by atoms with Crippen molar-refractivity contribution in [2.75, 3.05) is 13.2 Å². The summed E-state index contributed by atoms with van der Waals surface area (Å²) in [6.07, 6.45) is 1.67. The molecule has 3 fully saturated rings. The fraction of sp³-hybridized carbons (Fsp3) is 0.680. The van der Waals surface area contributed by atoms with Crippen LogP contribution in [-0.4, -0.2) is 66.2 Å². The number of hydrogen-bond donors (Lipinski definition) is 1. The van der Waals surface area contributed by atoms with Crippen molar-refractivity contribution in [2.45, 2.75) is 95.5 Å². The standard InChI is InChI=1S/C25H36O8/c1-23(2)29-15-18(31-23)19-20(21-22(30-19)33-24(3,4)32-21)28-13-9-12-25(5,26)16-27-14-17-10-7-6-8-11-17/h6-11,13,18-22,26H,12,14-16H2,1-5H3/b13-9+/t18-,19-,20+,21-,22-,25+/m1/s1. The topological polar surface area (TPSA) is 84.8 Å². The van der Waals surface area contributed by atoms with Crippen molar-refractivity contribution in [2.24, 2.45) is 0 Å². The van der Waals surface area contributed by atoms with E-state index in [0.29, 0.717) is 19.6 Å². The summed E-state index contributed by atoms with van der Waals surface area (Å²) in [5.41, 5.74) is 0.0430. The average molecular weight is 465 g/mol. The van der Waals surface area contributed by atoms with E-state index in [9.17, 15) is 5.11 Å². The van der Waals surface area contributed by atoms with Crippen LogP contribution in [-0.2, 0) is 39.8 Å². The number of fused-ring (bicyclic) bond motifs is 1. The molecule has 1 N–H and O–H groups in total. The van der Waals surface area contributed by atoms with Crippen molar-refractivity contribution in [1.29, 1.82) is 0 Å². The van der Waals surface area contributed by atoms with Crippen LogP contribution in [0.25, 0.3) is 0 Å². The quantitative estimate of drug-likeness (QED) is 0.558. The molecule has 1 aromatic carbocycles. The number of benzene rings is 1. The number of hydrogen-bond acceptors (Lipinski definition) is 8. The van der Waals surface area contributed by atoms with Crippen LogP contribution in [0.5, 0.6) is 0 Å². The molecule has 0 saturated carbocycles. The molecule has 0 aromatic heterocycles. The van der Waals surface area contributed by atoms with Gasteiger partial charge in [-0.1, -0.05) is 30.3 Å². The fourth-order valence-electron chi connectivity index (χ4n) is 4.31.